The van der Waals surface area contributed by atoms with Crippen molar-refractivity contribution in [2.24, 2.45) is 0 Å². The molecule has 0 N–H and O–H groups in total. The molecule has 1 fully saturated rings. The molecule has 0 spiro atoms. The lowest BCUT2D eigenvalue weighted by Crippen LogP contribution is -2.48. The Morgan fingerprint density at radius 3 is 2.41 bits per heavy atom. The predicted octanol–water partition coefficient (Wildman–Crippen LogP) is 3.45. The second-order valence-corrected chi connectivity index (χ2v) is 7.13. The summed E-state index contributed by atoms with van der Waals surface area (Å²) < 4.78 is 5.24. The lowest BCUT2D eigenvalue weighted by atomic mass is 9.96. The Labute approximate surface area is 159 Å². The Balaban J connectivity index is 1.77. The van der Waals surface area contributed by atoms with E-state index in [-0.39, 0.29) is 18.0 Å². The van der Waals surface area contributed by atoms with Crippen molar-refractivity contribution in [2.45, 2.75) is 31.3 Å². The van der Waals surface area contributed by atoms with Crippen molar-refractivity contribution >= 4 is 17.9 Å². The first-order valence-corrected chi connectivity index (χ1v) is 9.50. The third kappa shape index (κ3) is 3.12. The Morgan fingerprint density at radius 2 is 1.74 bits per heavy atom. The third-order valence-electron chi connectivity index (χ3n) is 5.63. The smallest absolute Gasteiger partial charge is 0.259 e. The first-order chi connectivity index (χ1) is 13.2. The number of hydrogen-bond donors (Lipinski definition) is 0. The molecule has 2 aliphatic rings. The third-order valence-corrected chi connectivity index (χ3v) is 5.63. The fourth-order valence-corrected chi connectivity index (χ4v) is 4.28. The average Bonchev–Trinajstić information content (AvgIpc) is 3.02. The molecule has 0 aliphatic carbocycles. The van der Waals surface area contributed by atoms with Crippen molar-refractivity contribution in [3.63, 3.8) is 0 Å². The molecule has 2 atom stereocenters. The van der Waals surface area contributed by atoms with E-state index in [2.05, 4.69) is 4.90 Å². The van der Waals surface area contributed by atoms with Gasteiger partial charge in [0.25, 0.3) is 5.91 Å². The monoisotopic (exact) mass is 364 g/mol. The summed E-state index contributed by atoms with van der Waals surface area (Å²) in [6.45, 7) is 1.79. The normalized spacial score (nSPS) is 21.0. The van der Waals surface area contributed by atoms with Crippen LogP contribution in [0.25, 0.3) is 0 Å². The number of fused-ring (bicyclic) bond motifs is 1. The summed E-state index contributed by atoms with van der Waals surface area (Å²) in [6.07, 6.45) is 4.40. The van der Waals surface area contributed by atoms with Gasteiger partial charge in [0.15, 0.2) is 0 Å². The van der Waals surface area contributed by atoms with E-state index in [1.165, 1.54) is 6.42 Å². The number of hydrogen-bond acceptors (Lipinski definition) is 4. The zero-order valence-electron chi connectivity index (χ0n) is 15.5. The molecular formula is C22H24N2O3. The van der Waals surface area contributed by atoms with Gasteiger partial charge in [-0.05, 0) is 61.8 Å². The fourth-order valence-electron chi connectivity index (χ4n) is 4.28. The molecule has 2 aromatic carbocycles. The van der Waals surface area contributed by atoms with Gasteiger partial charge in [0.05, 0.1) is 19.2 Å². The number of nitrogens with zero attached hydrogens (tertiary/aromatic N) is 2. The van der Waals surface area contributed by atoms with Crippen LogP contribution in [-0.2, 0) is 4.79 Å². The van der Waals surface area contributed by atoms with Gasteiger partial charge in [0.1, 0.15) is 12.0 Å². The second-order valence-electron chi connectivity index (χ2n) is 7.13. The minimum atomic E-state index is -0.347. The predicted molar refractivity (Wildman–Crippen MR) is 104 cm³/mol. The van der Waals surface area contributed by atoms with Gasteiger partial charge in [-0.3, -0.25) is 14.6 Å². The van der Waals surface area contributed by atoms with E-state index >= 15 is 0 Å². The number of carbonyl (C=O) groups is 2. The second kappa shape index (κ2) is 7.53. The van der Waals surface area contributed by atoms with Gasteiger partial charge in [0.2, 0.25) is 0 Å². The first kappa shape index (κ1) is 17.7. The van der Waals surface area contributed by atoms with Crippen LogP contribution in [0.1, 0.15) is 41.2 Å². The van der Waals surface area contributed by atoms with Crippen LogP contribution < -0.4 is 9.64 Å². The van der Waals surface area contributed by atoms with E-state index in [1.807, 2.05) is 48.5 Å². The van der Waals surface area contributed by atoms with Gasteiger partial charge in [0, 0.05) is 11.3 Å². The highest BCUT2D eigenvalue weighted by Crippen LogP contribution is 2.41. The summed E-state index contributed by atoms with van der Waals surface area (Å²) in [5.41, 5.74) is 2.40. The summed E-state index contributed by atoms with van der Waals surface area (Å²) >= 11 is 0. The Kier molecular flexibility index (Phi) is 4.94. The quantitative estimate of drug-likeness (QED) is 0.763. The molecule has 2 aliphatic heterocycles. The lowest BCUT2D eigenvalue weighted by molar-refractivity contribution is -0.113. The largest absolute Gasteiger partial charge is 0.497 e. The molecule has 5 nitrogen and oxygen atoms in total. The van der Waals surface area contributed by atoms with E-state index in [0.717, 1.165) is 49.2 Å². The highest BCUT2D eigenvalue weighted by Gasteiger charge is 2.44. The maximum absolute atomic E-state index is 13.2. The fraction of sp³-hybridized carbons (Fsp3) is 0.364. The van der Waals surface area contributed by atoms with Gasteiger partial charge in [-0.2, -0.15) is 0 Å². The number of aldehydes is 1. The molecule has 140 valence electrons. The van der Waals surface area contributed by atoms with Gasteiger partial charge in [-0.1, -0.05) is 24.6 Å². The number of rotatable bonds is 5. The molecular weight excluding hydrogens is 340 g/mol. The van der Waals surface area contributed by atoms with Gasteiger partial charge >= 0.3 is 0 Å². The molecule has 2 unspecified atom stereocenters. The van der Waals surface area contributed by atoms with Crippen molar-refractivity contribution in [3.8, 4) is 5.75 Å². The summed E-state index contributed by atoms with van der Waals surface area (Å²) in [7, 11) is 1.62. The average molecular weight is 364 g/mol. The molecule has 4 rings (SSSR count). The highest BCUT2D eigenvalue weighted by atomic mass is 16.5. The van der Waals surface area contributed by atoms with Crippen LogP contribution in [0.3, 0.4) is 0 Å². The number of piperidine rings is 1. The summed E-state index contributed by atoms with van der Waals surface area (Å²) in [5, 5.41) is 0. The number of ether oxygens (including phenoxy) is 1. The standard InChI is InChI=1S/C22H24N2O3/c1-27-17-11-9-16(10-12-17)24-21(18-7-3-4-8-19(18)22(24)26)20(15-25)23-13-5-2-6-14-23/h3-4,7-12,15,20-21H,2,5-6,13-14H2,1H3. The molecule has 2 aromatic rings. The summed E-state index contributed by atoms with van der Waals surface area (Å²) in [6, 6.07) is 14.4. The number of amides is 1. The summed E-state index contributed by atoms with van der Waals surface area (Å²) in [5.74, 6) is 0.687. The minimum absolute atomic E-state index is 0.0513. The van der Waals surface area contributed by atoms with E-state index < -0.39 is 0 Å². The number of benzene rings is 2. The molecule has 27 heavy (non-hydrogen) atoms. The van der Waals surface area contributed by atoms with Crippen molar-refractivity contribution in [1.29, 1.82) is 0 Å². The number of anilines is 1. The van der Waals surface area contributed by atoms with Crippen molar-refractivity contribution < 1.29 is 14.3 Å². The van der Waals surface area contributed by atoms with E-state index in [9.17, 15) is 9.59 Å². The maximum atomic E-state index is 13.2. The highest BCUT2D eigenvalue weighted by molar-refractivity contribution is 6.11. The minimum Gasteiger partial charge on any atom is -0.497 e. The van der Waals surface area contributed by atoms with Crippen molar-refractivity contribution in [1.82, 2.24) is 4.90 Å². The van der Waals surface area contributed by atoms with Crippen LogP contribution in [0.2, 0.25) is 0 Å². The molecule has 0 aromatic heterocycles. The van der Waals surface area contributed by atoms with Crippen molar-refractivity contribution in [2.75, 3.05) is 25.1 Å². The Morgan fingerprint density at radius 1 is 1.04 bits per heavy atom. The van der Waals surface area contributed by atoms with Crippen LogP contribution in [0, 0.1) is 0 Å². The molecule has 2 heterocycles. The lowest BCUT2D eigenvalue weighted by Gasteiger charge is -2.38. The van der Waals surface area contributed by atoms with Gasteiger partial charge in [-0.15, -0.1) is 0 Å². The number of carbonyl (C=O) groups excluding carboxylic acids is 2. The van der Waals surface area contributed by atoms with Gasteiger partial charge < -0.3 is 9.53 Å². The molecule has 0 bridgehead atoms. The molecule has 1 saturated heterocycles. The molecule has 0 saturated carbocycles. The Bertz CT molecular complexity index is 828. The number of methoxy groups -OCH3 is 1. The van der Waals surface area contributed by atoms with E-state index in [1.54, 1.807) is 12.0 Å². The molecule has 5 heteroatoms. The molecule has 1 amide bonds. The van der Waals surface area contributed by atoms with E-state index in [4.69, 9.17) is 4.74 Å². The Hall–Kier alpha value is -2.66. The van der Waals surface area contributed by atoms with Crippen molar-refractivity contribution in [3.05, 3.63) is 59.7 Å². The SMILES string of the molecule is COc1ccc(N2C(=O)c3ccccc3C2C(C=O)N2CCCCC2)cc1. The van der Waals surface area contributed by atoms with Crippen LogP contribution in [0.15, 0.2) is 48.5 Å². The zero-order valence-corrected chi connectivity index (χ0v) is 15.5. The van der Waals surface area contributed by atoms with E-state index in [0.29, 0.717) is 5.56 Å². The molecule has 0 radical (unpaired) electrons. The van der Waals surface area contributed by atoms with Crippen LogP contribution >= 0.6 is 0 Å². The number of likely N-dealkylation sites (tertiary alicyclic amines) is 1. The topological polar surface area (TPSA) is 49.9 Å². The van der Waals surface area contributed by atoms with Gasteiger partial charge in [-0.25, -0.2) is 0 Å². The maximum Gasteiger partial charge on any atom is 0.259 e. The van der Waals surface area contributed by atoms with Crippen LogP contribution in [0.5, 0.6) is 5.75 Å². The zero-order chi connectivity index (χ0) is 18.8. The summed E-state index contributed by atoms with van der Waals surface area (Å²) in [4.78, 5) is 29.4. The first-order valence-electron chi connectivity index (χ1n) is 9.50. The van der Waals surface area contributed by atoms with Crippen LogP contribution in [-0.4, -0.2) is 43.3 Å². The van der Waals surface area contributed by atoms with Crippen LogP contribution in [0.4, 0.5) is 5.69 Å².